The van der Waals surface area contributed by atoms with Gasteiger partial charge in [-0.1, -0.05) is 46.3 Å². The Kier molecular flexibility index (Phi) is 23.0. The van der Waals surface area contributed by atoms with Crippen LogP contribution in [0.5, 0.6) is 0 Å². The van der Waals surface area contributed by atoms with Gasteiger partial charge in [-0.05, 0) is 124 Å². The van der Waals surface area contributed by atoms with Gasteiger partial charge in [0.25, 0.3) is 0 Å². The maximum absolute atomic E-state index is 16.1. The van der Waals surface area contributed by atoms with Gasteiger partial charge in [0, 0.05) is 13.8 Å². The zero-order valence-electron chi connectivity index (χ0n) is 58.7. The molecule has 0 spiro atoms. The molecule has 6 aliphatic heterocycles. The Balaban J connectivity index is 0.890. The summed E-state index contributed by atoms with van der Waals surface area (Å²) in [5.74, 6) is -6.62. The number of carbonyl (C=O) groups excluding carboxylic acids is 3. The molecule has 10 fully saturated rings. The van der Waals surface area contributed by atoms with Gasteiger partial charge in [0.05, 0.1) is 42.4 Å². The third-order valence-electron chi connectivity index (χ3n) is 25.5. The summed E-state index contributed by atoms with van der Waals surface area (Å²) in [5.41, 5.74) is -4.36. The van der Waals surface area contributed by atoms with Crippen LogP contribution in [-0.4, -0.2) is 304 Å². The van der Waals surface area contributed by atoms with Gasteiger partial charge in [-0.15, -0.1) is 0 Å². The summed E-state index contributed by atoms with van der Waals surface area (Å²) < 4.78 is 84.4. The van der Waals surface area contributed by atoms with E-state index in [2.05, 4.69) is 40.7 Å². The number of hydrogen-bond donors (Lipinski definition) is 15. The summed E-state index contributed by atoms with van der Waals surface area (Å²) in [6.07, 6.45) is -45.0. The number of carbonyl (C=O) groups is 5. The van der Waals surface area contributed by atoms with Gasteiger partial charge in [-0.25, -0.2) is 4.79 Å². The predicted molar refractivity (Wildman–Crippen MR) is 335 cm³/mol. The largest absolute Gasteiger partial charge is 0.481 e. The van der Waals surface area contributed by atoms with Crippen LogP contribution in [0.15, 0.2) is 11.6 Å². The fourth-order valence-corrected chi connectivity index (χ4v) is 19.3. The third kappa shape index (κ3) is 13.8. The first-order valence-corrected chi connectivity index (χ1v) is 35.3. The van der Waals surface area contributed by atoms with E-state index in [1.165, 1.54) is 13.8 Å². The van der Waals surface area contributed by atoms with E-state index in [9.17, 15) is 95.8 Å². The Morgan fingerprint density at radius 3 is 1.74 bits per heavy atom. The number of esters is 3. The Morgan fingerprint density at radius 2 is 1.09 bits per heavy atom. The van der Waals surface area contributed by atoms with Crippen molar-refractivity contribution in [3.8, 4) is 0 Å². The maximum atomic E-state index is 16.1. The van der Waals surface area contributed by atoms with Crippen LogP contribution >= 0.6 is 0 Å². The highest BCUT2D eigenvalue weighted by Crippen LogP contribution is 2.76. The van der Waals surface area contributed by atoms with E-state index in [1.54, 1.807) is 6.92 Å². The van der Waals surface area contributed by atoms with Crippen molar-refractivity contribution in [1.82, 2.24) is 0 Å². The number of aliphatic carboxylic acids is 2. The van der Waals surface area contributed by atoms with Gasteiger partial charge in [-0.3, -0.25) is 19.2 Å². The van der Waals surface area contributed by atoms with Crippen molar-refractivity contribution in [2.45, 2.75) is 312 Å². The fourth-order valence-electron chi connectivity index (χ4n) is 19.3. The first kappa shape index (κ1) is 79.2. The molecular formula is C68H104O34. The average molecular weight is 1470 g/mol. The summed E-state index contributed by atoms with van der Waals surface area (Å²) in [6.45, 7) is 15.6. The van der Waals surface area contributed by atoms with E-state index in [0.717, 1.165) is 19.4 Å². The summed E-state index contributed by atoms with van der Waals surface area (Å²) in [4.78, 5) is 67.8. The molecule has 37 atom stereocenters. The van der Waals surface area contributed by atoms with Crippen molar-refractivity contribution >= 4 is 29.8 Å². The SMILES string of the molecule is CC(=O)OCC1OC(OC2C(OC(C)=O)C(C)OC(OC(=O)C34CCC(C)(C)CC3C3=CCC5C6(C)CCC(OC7OC(C(=O)O)C(O)C(O)C7OC7OC(CO)C(O)C(O)C7O)C(C)(C(=O)O)C6CCC5(C)C3(C)CC4)C2OC2OC(C)C(OC3OCC(O)C(O)C3O)C(O)C2O)C(O)C1O. The lowest BCUT2D eigenvalue weighted by Gasteiger charge is -2.71. The van der Waals surface area contributed by atoms with Crippen molar-refractivity contribution in [2.75, 3.05) is 19.8 Å². The molecule has 102 heavy (non-hydrogen) atoms. The molecule has 0 radical (unpaired) electrons. The third-order valence-corrected chi connectivity index (χ3v) is 25.5. The predicted octanol–water partition coefficient (Wildman–Crippen LogP) is -2.75. The molecule has 15 N–H and O–H groups in total. The topological polar surface area (TPSA) is 518 Å². The lowest BCUT2D eigenvalue weighted by Crippen LogP contribution is -2.68. The summed E-state index contributed by atoms with van der Waals surface area (Å²) >= 11 is 0. The number of aliphatic hydroxyl groups is 13. The number of ether oxygens (including phenoxy) is 14. The molecule has 6 saturated heterocycles. The molecule has 6 heterocycles. The van der Waals surface area contributed by atoms with Crippen LogP contribution in [-0.2, 0) is 90.3 Å². The van der Waals surface area contributed by atoms with E-state index in [4.69, 9.17) is 66.3 Å². The van der Waals surface area contributed by atoms with Crippen molar-refractivity contribution < 1.29 is 167 Å². The first-order chi connectivity index (χ1) is 47.7. The number of carboxylic acid groups (broad SMARTS) is 2. The Bertz CT molecular complexity index is 3060. The van der Waals surface area contributed by atoms with Crippen molar-refractivity contribution in [2.24, 2.45) is 50.2 Å². The molecule has 0 aromatic rings. The molecule has 580 valence electrons. The van der Waals surface area contributed by atoms with Gasteiger partial charge < -0.3 is 143 Å². The lowest BCUT2D eigenvalue weighted by molar-refractivity contribution is -0.382. The molecule has 0 bridgehead atoms. The van der Waals surface area contributed by atoms with Crippen LogP contribution in [0, 0.1) is 50.2 Å². The zero-order chi connectivity index (χ0) is 74.7. The highest BCUT2D eigenvalue weighted by molar-refractivity contribution is 5.79. The zero-order valence-corrected chi connectivity index (χ0v) is 58.7. The van der Waals surface area contributed by atoms with Gasteiger partial charge in [0.15, 0.2) is 49.8 Å². The van der Waals surface area contributed by atoms with Crippen molar-refractivity contribution in [3.05, 3.63) is 11.6 Å². The summed E-state index contributed by atoms with van der Waals surface area (Å²) in [5, 5.41) is 164. The van der Waals surface area contributed by atoms with E-state index >= 15 is 4.79 Å². The second-order valence-electron chi connectivity index (χ2n) is 31.9. The highest BCUT2D eigenvalue weighted by atomic mass is 16.8. The average Bonchev–Trinajstić information content (AvgIpc) is 0.737. The minimum absolute atomic E-state index is 0.0385. The molecule has 11 aliphatic rings. The minimum Gasteiger partial charge on any atom is -0.481 e. The molecule has 0 aromatic heterocycles. The molecule has 0 aromatic carbocycles. The smallest absolute Gasteiger partial charge is 0.335 e. The van der Waals surface area contributed by atoms with Crippen LogP contribution in [0.25, 0.3) is 0 Å². The van der Waals surface area contributed by atoms with Gasteiger partial charge in [-0.2, -0.15) is 0 Å². The number of fused-ring (bicyclic) bond motifs is 7. The molecule has 37 unspecified atom stereocenters. The quantitative estimate of drug-likeness (QED) is 0.0286. The normalized spacial score (nSPS) is 51.5. The Hall–Kier alpha value is -3.87. The molecule has 34 nitrogen and oxygen atoms in total. The number of hydrogen-bond acceptors (Lipinski definition) is 32. The second kappa shape index (κ2) is 29.6. The molecule has 34 heteroatoms. The first-order valence-electron chi connectivity index (χ1n) is 35.3. The molecule has 4 saturated carbocycles. The molecule has 11 rings (SSSR count). The maximum Gasteiger partial charge on any atom is 0.335 e. The summed E-state index contributed by atoms with van der Waals surface area (Å²) in [7, 11) is 0. The van der Waals surface area contributed by atoms with E-state index in [0.29, 0.717) is 51.4 Å². The number of carboxylic acids is 2. The van der Waals surface area contributed by atoms with E-state index in [-0.39, 0.29) is 24.2 Å². The van der Waals surface area contributed by atoms with Crippen molar-refractivity contribution in [1.29, 1.82) is 0 Å². The second-order valence-corrected chi connectivity index (χ2v) is 31.9. The van der Waals surface area contributed by atoms with Gasteiger partial charge >= 0.3 is 29.8 Å². The van der Waals surface area contributed by atoms with Crippen LogP contribution in [0.4, 0.5) is 0 Å². The van der Waals surface area contributed by atoms with Crippen LogP contribution < -0.4 is 0 Å². The minimum atomic E-state index is -2.16. The van der Waals surface area contributed by atoms with Crippen LogP contribution in [0.3, 0.4) is 0 Å². The number of rotatable bonds is 18. The monoisotopic (exact) mass is 1460 g/mol. The fraction of sp³-hybridized carbons (Fsp3) is 0.897. The van der Waals surface area contributed by atoms with Gasteiger partial charge in [0.2, 0.25) is 6.29 Å². The molecule has 0 amide bonds. The number of allylic oxidation sites excluding steroid dienone is 2. The lowest BCUT2D eigenvalue weighted by atomic mass is 9.33. The van der Waals surface area contributed by atoms with E-state index in [1.807, 2.05) is 0 Å². The number of aliphatic hydroxyl groups excluding tert-OH is 13. The van der Waals surface area contributed by atoms with E-state index < -0.39 is 267 Å². The molecule has 5 aliphatic carbocycles. The Morgan fingerprint density at radius 1 is 0.520 bits per heavy atom. The van der Waals surface area contributed by atoms with Gasteiger partial charge in [0.1, 0.15) is 110 Å². The summed E-state index contributed by atoms with van der Waals surface area (Å²) in [6, 6.07) is 0. The Labute approximate surface area is 588 Å². The standard InChI is InChI=1S/C68H104O34/c1-25-48(97-55-44(80)37(73)31(72)23-90-55)43(79)47(83)56(91-25)101-53-52(100-57-45(81)39(75)33(95-57)24-89-27(3)70)49(93-28(4)71)26(2)92-60(53)102-62(88)68-19-17-63(5,6)21-30(68)29-11-12-34-64(7)15-14-36(67(10,61(86)87)35(64)13-16-66(34,9)65(29,8)18-20-68)96-59-51(42(78)41(77)50(98-59)54(84)85)99-58-46(82)40(76)38(74)32(22-69)94-58/h11,25-26,30-53,55-60,69,72-83H,12-24H2,1-10H3,(H,84,85)(H,86,87). The van der Waals surface area contributed by atoms with Crippen LogP contribution in [0.1, 0.15) is 133 Å². The van der Waals surface area contributed by atoms with Crippen molar-refractivity contribution in [3.63, 3.8) is 0 Å². The highest BCUT2D eigenvalue weighted by Gasteiger charge is 2.72. The molecular weight excluding hydrogens is 1360 g/mol. The van der Waals surface area contributed by atoms with Crippen LogP contribution in [0.2, 0.25) is 0 Å².